The zero-order chi connectivity index (χ0) is 15.1. The lowest BCUT2D eigenvalue weighted by Gasteiger charge is -2.02. The summed E-state index contributed by atoms with van der Waals surface area (Å²) in [5.74, 6) is 0. The van der Waals surface area contributed by atoms with Gasteiger partial charge in [0.05, 0.1) is 21.5 Å². The van der Waals surface area contributed by atoms with Crippen molar-refractivity contribution in [1.82, 2.24) is 15.0 Å². The fourth-order valence-electron chi connectivity index (χ4n) is 2.61. The Bertz CT molecular complexity index is 1020. The van der Waals surface area contributed by atoms with Crippen LogP contribution in [0.1, 0.15) is 0 Å². The van der Waals surface area contributed by atoms with Crippen LogP contribution in [0.3, 0.4) is 0 Å². The number of nitro benzene ring substituents is 1. The molecular formula is C16H10N4O2. The Kier molecular flexibility index (Phi) is 2.62. The summed E-state index contributed by atoms with van der Waals surface area (Å²) in [6.45, 7) is 0. The first kappa shape index (κ1) is 12.5. The Morgan fingerprint density at radius 1 is 1.00 bits per heavy atom. The number of pyridine rings is 2. The summed E-state index contributed by atoms with van der Waals surface area (Å²) < 4.78 is 0. The minimum atomic E-state index is -0.383. The average Bonchev–Trinajstić information content (AvgIpc) is 2.92. The fraction of sp³-hybridized carbons (Fsp3) is 0. The second-order valence-corrected chi connectivity index (χ2v) is 4.92. The summed E-state index contributed by atoms with van der Waals surface area (Å²) in [4.78, 5) is 22.8. The molecule has 0 amide bonds. The van der Waals surface area contributed by atoms with E-state index in [4.69, 9.17) is 0 Å². The van der Waals surface area contributed by atoms with Gasteiger partial charge in [0.1, 0.15) is 11.0 Å². The summed E-state index contributed by atoms with van der Waals surface area (Å²) in [5, 5.41) is 11.2. The lowest BCUT2D eigenvalue weighted by molar-refractivity contribution is -0.384. The van der Waals surface area contributed by atoms with Gasteiger partial charge >= 0.3 is 0 Å². The topological polar surface area (TPSA) is 84.7 Å². The number of nitrogens with one attached hydrogen (secondary N) is 1. The van der Waals surface area contributed by atoms with Gasteiger partial charge < -0.3 is 4.98 Å². The van der Waals surface area contributed by atoms with Crippen LogP contribution in [0.4, 0.5) is 5.69 Å². The minimum Gasteiger partial charge on any atom is -0.352 e. The third kappa shape index (κ3) is 1.81. The summed E-state index contributed by atoms with van der Waals surface area (Å²) in [6.07, 6.45) is 3.36. The lowest BCUT2D eigenvalue weighted by atomic mass is 10.1. The number of fused-ring (bicyclic) bond motifs is 3. The predicted molar refractivity (Wildman–Crippen MR) is 83.5 cm³/mol. The maximum Gasteiger partial charge on any atom is 0.277 e. The number of benzene rings is 1. The lowest BCUT2D eigenvalue weighted by Crippen LogP contribution is -1.92. The molecule has 0 aliphatic rings. The molecule has 3 aromatic heterocycles. The van der Waals surface area contributed by atoms with Gasteiger partial charge in [-0.05, 0) is 24.3 Å². The van der Waals surface area contributed by atoms with Gasteiger partial charge in [-0.3, -0.25) is 20.1 Å². The molecule has 0 spiro atoms. The van der Waals surface area contributed by atoms with E-state index in [0.717, 1.165) is 22.1 Å². The Hall–Kier alpha value is -3.28. The first-order valence-electron chi connectivity index (χ1n) is 6.70. The molecule has 4 aromatic rings. The van der Waals surface area contributed by atoms with Crippen molar-refractivity contribution in [3.63, 3.8) is 0 Å². The molecule has 0 fully saturated rings. The molecule has 0 bridgehead atoms. The normalized spacial score (nSPS) is 11.1. The summed E-state index contributed by atoms with van der Waals surface area (Å²) in [5.41, 5.74) is 4.58. The van der Waals surface area contributed by atoms with Crippen LogP contribution in [-0.2, 0) is 0 Å². The predicted octanol–water partition coefficient (Wildman–Crippen LogP) is 3.69. The van der Waals surface area contributed by atoms with Crippen LogP contribution >= 0.6 is 0 Å². The molecule has 0 radical (unpaired) electrons. The van der Waals surface area contributed by atoms with E-state index in [9.17, 15) is 10.1 Å². The number of H-pyrrole nitrogens is 1. The van der Waals surface area contributed by atoms with E-state index in [-0.39, 0.29) is 10.6 Å². The first-order chi connectivity index (χ1) is 10.7. The average molecular weight is 290 g/mol. The van der Waals surface area contributed by atoms with E-state index in [1.165, 1.54) is 6.07 Å². The molecule has 0 aliphatic carbocycles. The van der Waals surface area contributed by atoms with Crippen molar-refractivity contribution >= 4 is 27.8 Å². The second kappa shape index (κ2) is 4.63. The highest BCUT2D eigenvalue weighted by Gasteiger charge is 2.15. The zero-order valence-electron chi connectivity index (χ0n) is 11.4. The molecule has 0 saturated heterocycles. The Balaban J connectivity index is 1.97. The van der Waals surface area contributed by atoms with Crippen molar-refractivity contribution in [2.75, 3.05) is 0 Å². The van der Waals surface area contributed by atoms with E-state index in [0.29, 0.717) is 11.1 Å². The monoisotopic (exact) mass is 290 g/mol. The Morgan fingerprint density at radius 2 is 1.82 bits per heavy atom. The molecule has 0 atom stereocenters. The van der Waals surface area contributed by atoms with E-state index in [1.54, 1.807) is 30.6 Å². The molecule has 1 aromatic carbocycles. The number of para-hydroxylation sites is 1. The molecule has 4 rings (SSSR count). The van der Waals surface area contributed by atoms with E-state index in [2.05, 4.69) is 15.0 Å². The van der Waals surface area contributed by atoms with Gasteiger partial charge in [0.2, 0.25) is 0 Å². The molecule has 6 nitrogen and oxygen atoms in total. The Morgan fingerprint density at radius 3 is 2.68 bits per heavy atom. The smallest absolute Gasteiger partial charge is 0.277 e. The van der Waals surface area contributed by atoms with Crippen LogP contribution in [-0.4, -0.2) is 19.9 Å². The maximum atomic E-state index is 11.2. The second-order valence-electron chi connectivity index (χ2n) is 4.92. The van der Waals surface area contributed by atoms with Crippen molar-refractivity contribution in [3.05, 3.63) is 65.0 Å². The highest BCUT2D eigenvalue weighted by molar-refractivity contribution is 6.03. The van der Waals surface area contributed by atoms with Gasteiger partial charge in [0.25, 0.3) is 5.69 Å². The number of aromatic nitrogens is 3. The number of hydrogen-bond donors (Lipinski definition) is 1. The summed E-state index contributed by atoms with van der Waals surface area (Å²) in [7, 11) is 0. The molecule has 0 unspecified atom stereocenters. The number of nitrogens with zero attached hydrogens (tertiary/aromatic N) is 3. The highest BCUT2D eigenvalue weighted by atomic mass is 16.6. The van der Waals surface area contributed by atoms with Crippen molar-refractivity contribution in [2.45, 2.75) is 0 Å². The third-order valence-corrected chi connectivity index (χ3v) is 3.60. The first-order valence-corrected chi connectivity index (χ1v) is 6.70. The molecule has 22 heavy (non-hydrogen) atoms. The largest absolute Gasteiger partial charge is 0.352 e. The standard InChI is InChI=1S/C16H10N4O2/c21-20(22)14-6-2-1-4-11(14)10-8-13-16(18-9-10)15-12(19-13)5-3-7-17-15/h1-9,19H. The van der Waals surface area contributed by atoms with Crippen molar-refractivity contribution in [2.24, 2.45) is 0 Å². The van der Waals surface area contributed by atoms with Crippen LogP contribution in [0.15, 0.2) is 54.9 Å². The molecule has 0 aliphatic heterocycles. The maximum absolute atomic E-state index is 11.2. The van der Waals surface area contributed by atoms with Gasteiger partial charge in [-0.15, -0.1) is 0 Å². The molecular weight excluding hydrogens is 280 g/mol. The van der Waals surface area contributed by atoms with E-state index < -0.39 is 0 Å². The van der Waals surface area contributed by atoms with Gasteiger partial charge in [-0.25, -0.2) is 0 Å². The van der Waals surface area contributed by atoms with Crippen LogP contribution in [0.2, 0.25) is 0 Å². The number of nitro groups is 1. The van der Waals surface area contributed by atoms with Crippen molar-refractivity contribution in [3.8, 4) is 11.1 Å². The highest BCUT2D eigenvalue weighted by Crippen LogP contribution is 2.31. The van der Waals surface area contributed by atoms with Crippen molar-refractivity contribution in [1.29, 1.82) is 0 Å². The van der Waals surface area contributed by atoms with Gasteiger partial charge in [0, 0.05) is 24.0 Å². The minimum absolute atomic E-state index is 0.0675. The zero-order valence-corrected chi connectivity index (χ0v) is 11.4. The van der Waals surface area contributed by atoms with Crippen molar-refractivity contribution < 1.29 is 4.92 Å². The number of aromatic amines is 1. The van der Waals surface area contributed by atoms with Gasteiger partial charge in [0.15, 0.2) is 0 Å². The molecule has 3 heterocycles. The van der Waals surface area contributed by atoms with Crippen LogP contribution < -0.4 is 0 Å². The molecule has 1 N–H and O–H groups in total. The fourth-order valence-corrected chi connectivity index (χ4v) is 2.61. The number of rotatable bonds is 2. The molecule has 0 saturated carbocycles. The third-order valence-electron chi connectivity index (χ3n) is 3.60. The van der Waals surface area contributed by atoms with E-state index >= 15 is 0 Å². The number of hydrogen-bond acceptors (Lipinski definition) is 4. The van der Waals surface area contributed by atoms with Gasteiger partial charge in [-0.2, -0.15) is 0 Å². The van der Waals surface area contributed by atoms with Crippen LogP contribution in [0.5, 0.6) is 0 Å². The Labute approximate surface area is 124 Å². The molecule has 6 heteroatoms. The van der Waals surface area contributed by atoms with Gasteiger partial charge in [-0.1, -0.05) is 12.1 Å². The summed E-state index contributed by atoms with van der Waals surface area (Å²) in [6, 6.07) is 12.3. The quantitative estimate of drug-likeness (QED) is 0.450. The molecule has 106 valence electrons. The van der Waals surface area contributed by atoms with Crippen LogP contribution in [0, 0.1) is 10.1 Å². The van der Waals surface area contributed by atoms with Crippen LogP contribution in [0.25, 0.3) is 33.2 Å². The SMILES string of the molecule is O=[N+]([O-])c1ccccc1-c1cnc2c(c1)[nH]c1cccnc12. The summed E-state index contributed by atoms with van der Waals surface area (Å²) >= 11 is 0. The van der Waals surface area contributed by atoms with E-state index in [1.807, 2.05) is 18.2 Å².